The number of benzene rings is 1. The van der Waals surface area contributed by atoms with Gasteiger partial charge in [0.05, 0.1) is 11.6 Å². The van der Waals surface area contributed by atoms with Gasteiger partial charge >= 0.3 is 0 Å². The van der Waals surface area contributed by atoms with Gasteiger partial charge in [-0.2, -0.15) is 0 Å². The summed E-state index contributed by atoms with van der Waals surface area (Å²) >= 11 is 0. The van der Waals surface area contributed by atoms with Crippen LogP contribution in [-0.2, 0) is 5.54 Å². The van der Waals surface area contributed by atoms with Crippen LogP contribution in [0.15, 0.2) is 36.9 Å². The first-order valence-electron chi connectivity index (χ1n) is 9.89. The summed E-state index contributed by atoms with van der Waals surface area (Å²) in [5.74, 6) is 0.933. The molecule has 0 aliphatic carbocycles. The van der Waals surface area contributed by atoms with Crippen molar-refractivity contribution in [3.05, 3.63) is 53.9 Å². The predicted octanol–water partition coefficient (Wildman–Crippen LogP) is 3.02. The smallest absolute Gasteiger partial charge is 0.173 e. The molecule has 0 saturated carbocycles. The van der Waals surface area contributed by atoms with Crippen molar-refractivity contribution in [2.45, 2.75) is 45.7 Å². The first kappa shape index (κ1) is 19.7. The Kier molecular flexibility index (Phi) is 6.07. The molecule has 0 unspecified atom stereocenters. The summed E-state index contributed by atoms with van der Waals surface area (Å²) in [5.41, 5.74) is 2.40. The molecule has 1 fully saturated rings. The van der Waals surface area contributed by atoms with Crippen LogP contribution in [-0.4, -0.2) is 62.7 Å². The molecule has 1 aromatic heterocycles. The molecule has 0 spiro atoms. The highest BCUT2D eigenvalue weighted by Gasteiger charge is 2.33. The van der Waals surface area contributed by atoms with E-state index in [2.05, 4.69) is 83.9 Å². The number of tetrazole rings is 1. The van der Waals surface area contributed by atoms with Crippen molar-refractivity contribution >= 4 is 0 Å². The number of nitrogens with zero attached hydrogens (tertiary/aromatic N) is 6. The molecule has 2 heterocycles. The molecule has 27 heavy (non-hydrogen) atoms. The zero-order chi connectivity index (χ0) is 19.4. The van der Waals surface area contributed by atoms with Crippen molar-refractivity contribution < 1.29 is 0 Å². The summed E-state index contributed by atoms with van der Waals surface area (Å²) in [7, 11) is 0. The third-order valence-corrected chi connectivity index (χ3v) is 5.73. The van der Waals surface area contributed by atoms with Gasteiger partial charge in [-0.05, 0) is 43.2 Å². The summed E-state index contributed by atoms with van der Waals surface area (Å²) in [6.45, 7) is 17.6. The number of hydrogen-bond acceptors (Lipinski definition) is 5. The Morgan fingerprint density at radius 3 is 2.41 bits per heavy atom. The zero-order valence-corrected chi connectivity index (χ0v) is 17.1. The third kappa shape index (κ3) is 4.28. The van der Waals surface area contributed by atoms with Crippen LogP contribution in [0.3, 0.4) is 0 Å². The Morgan fingerprint density at radius 1 is 1.15 bits per heavy atom. The number of aryl methyl sites for hydroxylation is 1. The lowest BCUT2D eigenvalue weighted by molar-refractivity contribution is 0.109. The van der Waals surface area contributed by atoms with E-state index in [0.717, 1.165) is 45.0 Å². The maximum absolute atomic E-state index is 4.49. The maximum atomic E-state index is 4.49. The largest absolute Gasteiger partial charge is 0.297 e. The molecular formula is C21H32N6. The highest BCUT2D eigenvalue weighted by Crippen LogP contribution is 2.31. The Morgan fingerprint density at radius 2 is 1.81 bits per heavy atom. The summed E-state index contributed by atoms with van der Waals surface area (Å²) in [6.07, 6.45) is 2.95. The van der Waals surface area contributed by atoms with E-state index in [0.29, 0.717) is 0 Å². The molecule has 0 radical (unpaired) electrons. The lowest BCUT2D eigenvalue weighted by Gasteiger charge is -2.39. The fourth-order valence-corrected chi connectivity index (χ4v) is 3.60. The van der Waals surface area contributed by atoms with Crippen LogP contribution >= 0.6 is 0 Å². The molecule has 0 amide bonds. The van der Waals surface area contributed by atoms with Gasteiger partial charge in [0.1, 0.15) is 0 Å². The number of piperazine rings is 1. The highest BCUT2D eigenvalue weighted by atomic mass is 15.6. The molecular weight excluding hydrogens is 336 g/mol. The van der Waals surface area contributed by atoms with E-state index >= 15 is 0 Å². The first-order valence-corrected chi connectivity index (χ1v) is 9.89. The topological polar surface area (TPSA) is 50.1 Å². The third-order valence-electron chi connectivity index (χ3n) is 5.73. The molecule has 1 saturated heterocycles. The Hall–Kier alpha value is -2.05. The molecule has 1 aliphatic heterocycles. The van der Waals surface area contributed by atoms with Crippen molar-refractivity contribution in [3.8, 4) is 0 Å². The quantitative estimate of drug-likeness (QED) is 0.703. The Balaban J connectivity index is 1.96. The minimum Gasteiger partial charge on any atom is -0.297 e. The van der Waals surface area contributed by atoms with Crippen molar-refractivity contribution in [1.29, 1.82) is 0 Å². The van der Waals surface area contributed by atoms with Gasteiger partial charge in [-0.15, -0.1) is 11.7 Å². The normalized spacial score (nSPS) is 17.8. The SMILES string of the molecule is C=CCN1CCN([C@@H](c2ccc(C)cc2)c2nnnn2C(C)(C)CC)CC1. The molecule has 0 bridgehead atoms. The monoisotopic (exact) mass is 368 g/mol. The van der Waals surface area contributed by atoms with E-state index < -0.39 is 0 Å². The highest BCUT2D eigenvalue weighted by molar-refractivity contribution is 5.28. The second-order valence-electron chi connectivity index (χ2n) is 8.05. The lowest BCUT2D eigenvalue weighted by Crippen LogP contribution is -2.48. The van der Waals surface area contributed by atoms with Gasteiger partial charge in [-0.3, -0.25) is 9.80 Å². The standard InChI is InChI=1S/C21H32N6/c1-6-12-25-13-15-26(16-14-25)19(18-10-8-17(3)9-11-18)20-22-23-24-27(20)21(4,5)7-2/h6,8-11,19H,1,7,12-16H2,2-5H3/t19-/m0/s1. The molecule has 1 aliphatic rings. The van der Waals surface area contributed by atoms with Gasteiger partial charge in [-0.25, -0.2) is 4.68 Å². The molecule has 6 heteroatoms. The number of hydrogen-bond donors (Lipinski definition) is 0. The zero-order valence-electron chi connectivity index (χ0n) is 17.1. The van der Waals surface area contributed by atoms with Gasteiger partial charge < -0.3 is 0 Å². The average molecular weight is 369 g/mol. The molecule has 6 nitrogen and oxygen atoms in total. The molecule has 3 rings (SSSR count). The number of rotatable bonds is 7. The Labute approximate surface area is 162 Å². The van der Waals surface area contributed by atoms with Crippen molar-refractivity contribution in [2.24, 2.45) is 0 Å². The van der Waals surface area contributed by atoms with E-state index in [9.17, 15) is 0 Å². The van der Waals surface area contributed by atoms with Crippen LogP contribution in [0.5, 0.6) is 0 Å². The van der Waals surface area contributed by atoms with E-state index in [1.807, 2.05) is 10.8 Å². The molecule has 146 valence electrons. The van der Waals surface area contributed by atoms with Gasteiger partial charge in [0.2, 0.25) is 0 Å². The van der Waals surface area contributed by atoms with Gasteiger partial charge in [0.15, 0.2) is 5.82 Å². The summed E-state index contributed by atoms with van der Waals surface area (Å²) in [6, 6.07) is 8.85. The fraction of sp³-hybridized carbons (Fsp3) is 0.571. The summed E-state index contributed by atoms with van der Waals surface area (Å²) < 4.78 is 2.02. The van der Waals surface area contributed by atoms with E-state index in [4.69, 9.17) is 0 Å². The fourth-order valence-electron chi connectivity index (χ4n) is 3.60. The average Bonchev–Trinajstić information content (AvgIpc) is 3.15. The van der Waals surface area contributed by atoms with Crippen LogP contribution in [0.1, 0.15) is 50.2 Å². The van der Waals surface area contributed by atoms with Crippen molar-refractivity contribution in [2.75, 3.05) is 32.7 Å². The van der Waals surface area contributed by atoms with Crippen molar-refractivity contribution in [3.63, 3.8) is 0 Å². The minimum absolute atomic E-state index is 0.0670. The summed E-state index contributed by atoms with van der Waals surface area (Å²) in [5, 5.41) is 12.9. The first-order chi connectivity index (χ1) is 13.0. The van der Waals surface area contributed by atoms with Crippen LogP contribution in [0.25, 0.3) is 0 Å². The van der Waals surface area contributed by atoms with Gasteiger partial charge in [-0.1, -0.05) is 42.8 Å². The Bertz CT molecular complexity index is 740. The van der Waals surface area contributed by atoms with Gasteiger partial charge in [0, 0.05) is 32.7 Å². The van der Waals surface area contributed by atoms with E-state index in [1.54, 1.807) is 0 Å². The van der Waals surface area contributed by atoms with Crippen LogP contribution in [0, 0.1) is 6.92 Å². The van der Waals surface area contributed by atoms with Gasteiger partial charge in [0.25, 0.3) is 0 Å². The maximum Gasteiger partial charge on any atom is 0.173 e. The molecule has 0 N–H and O–H groups in total. The second-order valence-corrected chi connectivity index (χ2v) is 8.05. The van der Waals surface area contributed by atoms with Crippen LogP contribution < -0.4 is 0 Å². The lowest BCUT2D eigenvalue weighted by atomic mass is 9.98. The number of aromatic nitrogens is 4. The van der Waals surface area contributed by atoms with Crippen molar-refractivity contribution in [1.82, 2.24) is 30.0 Å². The van der Waals surface area contributed by atoms with E-state index in [1.165, 1.54) is 11.1 Å². The van der Waals surface area contributed by atoms with E-state index in [-0.39, 0.29) is 11.6 Å². The van der Waals surface area contributed by atoms with Crippen LogP contribution in [0.2, 0.25) is 0 Å². The van der Waals surface area contributed by atoms with Crippen LogP contribution in [0.4, 0.5) is 0 Å². The molecule has 2 aromatic rings. The summed E-state index contributed by atoms with van der Waals surface area (Å²) in [4.78, 5) is 4.95. The predicted molar refractivity (Wildman–Crippen MR) is 109 cm³/mol. The molecule has 1 aromatic carbocycles. The minimum atomic E-state index is -0.119. The second kappa shape index (κ2) is 8.31. The molecule has 1 atom stereocenters.